The van der Waals surface area contributed by atoms with Crippen molar-refractivity contribution >= 4 is 23.0 Å². The Morgan fingerprint density at radius 2 is 1.88 bits per heavy atom. The number of nitriles is 1. The number of rotatable bonds is 0. The van der Waals surface area contributed by atoms with Crippen LogP contribution in [0.3, 0.4) is 0 Å². The molecule has 2 heteroatoms. The Morgan fingerprint density at radius 1 is 1.19 bits per heavy atom. The maximum absolute atomic E-state index is 8.89. The van der Waals surface area contributed by atoms with E-state index in [1.54, 1.807) is 6.07 Å². The number of benzene rings is 2. The molecule has 0 heterocycles. The minimum absolute atomic E-state index is 0.121. The van der Waals surface area contributed by atoms with E-state index in [1.165, 1.54) is 0 Å². The standard InChI is InChI=1S/C14H8N2/c1-10-7-8-13(14(9-15)16-2)12-6-4-3-5-11(10)12/h3-8H,1H2. The maximum Gasteiger partial charge on any atom is 0.269 e. The topological polar surface area (TPSA) is 28.1 Å². The lowest BCUT2D eigenvalue weighted by Crippen LogP contribution is -2.11. The Hall–Kier alpha value is -2.58. The largest absolute Gasteiger partial charge is 0.269 e. The van der Waals surface area contributed by atoms with E-state index < -0.39 is 0 Å². The maximum atomic E-state index is 8.89. The first-order valence-corrected chi connectivity index (χ1v) is 4.76. The zero-order valence-electron chi connectivity index (χ0n) is 8.57. The van der Waals surface area contributed by atoms with E-state index in [2.05, 4.69) is 11.4 Å². The summed E-state index contributed by atoms with van der Waals surface area (Å²) in [6.07, 6.45) is 0. The van der Waals surface area contributed by atoms with Crippen LogP contribution in [-0.4, -0.2) is 0 Å². The molecule has 0 N–H and O–H groups in total. The molecule has 0 unspecified atom stereocenters. The zero-order chi connectivity index (χ0) is 11.5. The van der Waals surface area contributed by atoms with Crippen LogP contribution < -0.4 is 10.4 Å². The van der Waals surface area contributed by atoms with Crippen molar-refractivity contribution in [1.29, 1.82) is 5.26 Å². The molecule has 0 aromatic heterocycles. The van der Waals surface area contributed by atoms with Gasteiger partial charge in [-0.3, -0.25) is 0 Å². The van der Waals surface area contributed by atoms with Crippen molar-refractivity contribution < 1.29 is 0 Å². The molecule has 0 aliphatic heterocycles. The quantitative estimate of drug-likeness (QED) is 0.601. The summed E-state index contributed by atoms with van der Waals surface area (Å²) >= 11 is 0. The van der Waals surface area contributed by atoms with Crippen LogP contribution in [0.5, 0.6) is 0 Å². The summed E-state index contributed by atoms with van der Waals surface area (Å²) in [7, 11) is 0. The van der Waals surface area contributed by atoms with E-state index in [9.17, 15) is 0 Å². The van der Waals surface area contributed by atoms with Crippen LogP contribution in [0, 0.1) is 17.9 Å². The van der Waals surface area contributed by atoms with Gasteiger partial charge in [0.05, 0.1) is 12.6 Å². The van der Waals surface area contributed by atoms with Crippen LogP contribution in [0.2, 0.25) is 0 Å². The van der Waals surface area contributed by atoms with Gasteiger partial charge < -0.3 is 0 Å². The molecule has 0 amide bonds. The highest BCUT2D eigenvalue weighted by Gasteiger charge is 2.00. The second-order valence-electron chi connectivity index (χ2n) is 3.39. The van der Waals surface area contributed by atoms with Crippen LogP contribution in [0.4, 0.5) is 0 Å². The smallest absolute Gasteiger partial charge is 0.226 e. The van der Waals surface area contributed by atoms with Gasteiger partial charge in [0.1, 0.15) is 0 Å². The predicted octanol–water partition coefficient (Wildman–Crippen LogP) is 1.80. The first-order valence-electron chi connectivity index (χ1n) is 4.76. The third-order valence-electron chi connectivity index (χ3n) is 2.49. The second-order valence-corrected chi connectivity index (χ2v) is 3.39. The number of hydrogen-bond acceptors (Lipinski definition) is 1. The minimum Gasteiger partial charge on any atom is -0.226 e. The molecular formula is C14H8N2. The van der Waals surface area contributed by atoms with Gasteiger partial charge in [0, 0.05) is 0 Å². The SMILES string of the molecule is [C-]#[N+]C(C#N)=c1ccc(=C)c2ccccc12. The molecule has 0 radical (unpaired) electrons. The first kappa shape index (κ1) is 9.96. The minimum atomic E-state index is 0.121. The lowest BCUT2D eigenvalue weighted by atomic mass is 10.1. The predicted molar refractivity (Wildman–Crippen MR) is 64.3 cm³/mol. The fourth-order valence-corrected chi connectivity index (χ4v) is 1.71. The summed E-state index contributed by atoms with van der Waals surface area (Å²) in [5.74, 6) is 0. The Kier molecular flexibility index (Phi) is 2.42. The van der Waals surface area contributed by atoms with E-state index in [4.69, 9.17) is 11.8 Å². The van der Waals surface area contributed by atoms with Gasteiger partial charge in [-0.05, 0) is 21.2 Å². The van der Waals surface area contributed by atoms with Crippen molar-refractivity contribution in [3.05, 3.63) is 58.3 Å². The van der Waals surface area contributed by atoms with E-state index >= 15 is 0 Å². The molecular weight excluding hydrogens is 196 g/mol. The average Bonchev–Trinajstić information content (AvgIpc) is 2.34. The first-order chi connectivity index (χ1) is 7.77. The van der Waals surface area contributed by atoms with E-state index in [1.807, 2.05) is 36.4 Å². The van der Waals surface area contributed by atoms with Crippen molar-refractivity contribution in [3.63, 3.8) is 0 Å². The molecule has 2 aromatic carbocycles. The molecule has 0 saturated heterocycles. The van der Waals surface area contributed by atoms with E-state index in [0.717, 1.165) is 16.0 Å². The van der Waals surface area contributed by atoms with Gasteiger partial charge in [-0.25, -0.2) is 10.1 Å². The van der Waals surface area contributed by atoms with Crippen LogP contribution in [0.1, 0.15) is 0 Å². The Bertz CT molecular complexity index is 727. The molecule has 0 saturated carbocycles. The Labute approximate surface area is 93.2 Å². The van der Waals surface area contributed by atoms with Gasteiger partial charge in [-0.2, -0.15) is 0 Å². The lowest BCUT2D eigenvalue weighted by molar-refractivity contribution is 1.52. The molecule has 0 fully saturated rings. The highest BCUT2D eigenvalue weighted by molar-refractivity contribution is 5.87. The fraction of sp³-hybridized carbons (Fsp3) is 0. The van der Waals surface area contributed by atoms with E-state index in [-0.39, 0.29) is 5.70 Å². The molecule has 0 aliphatic rings. The fourth-order valence-electron chi connectivity index (χ4n) is 1.71. The van der Waals surface area contributed by atoms with Crippen molar-refractivity contribution in [2.45, 2.75) is 0 Å². The summed E-state index contributed by atoms with van der Waals surface area (Å²) in [5, 5.41) is 12.4. The second kappa shape index (κ2) is 3.88. The summed E-state index contributed by atoms with van der Waals surface area (Å²) < 4.78 is 0. The number of fused-ring (bicyclic) bond motifs is 1. The van der Waals surface area contributed by atoms with Crippen LogP contribution in [-0.2, 0) is 0 Å². The van der Waals surface area contributed by atoms with Crippen LogP contribution in [0.25, 0.3) is 27.9 Å². The molecule has 2 aromatic rings. The van der Waals surface area contributed by atoms with Crippen molar-refractivity contribution in [1.82, 2.24) is 0 Å². The summed E-state index contributed by atoms with van der Waals surface area (Å²) in [6.45, 7) is 10.9. The third kappa shape index (κ3) is 1.43. The van der Waals surface area contributed by atoms with Crippen LogP contribution >= 0.6 is 0 Å². The molecule has 0 bridgehead atoms. The zero-order valence-corrected chi connectivity index (χ0v) is 8.57. The van der Waals surface area contributed by atoms with Crippen molar-refractivity contribution in [2.24, 2.45) is 0 Å². The average molecular weight is 204 g/mol. The van der Waals surface area contributed by atoms with Gasteiger partial charge >= 0.3 is 0 Å². The van der Waals surface area contributed by atoms with Gasteiger partial charge in [0.2, 0.25) is 0 Å². The normalized spacial score (nSPS) is 11.6. The highest BCUT2D eigenvalue weighted by atomic mass is 14.7. The summed E-state index contributed by atoms with van der Waals surface area (Å²) in [6, 6.07) is 13.2. The molecule has 0 aliphatic carbocycles. The Morgan fingerprint density at radius 3 is 2.50 bits per heavy atom. The van der Waals surface area contributed by atoms with E-state index in [0.29, 0.717) is 5.22 Å². The summed E-state index contributed by atoms with van der Waals surface area (Å²) in [5.41, 5.74) is 0.121. The molecule has 2 rings (SSSR count). The molecule has 74 valence electrons. The third-order valence-corrected chi connectivity index (χ3v) is 2.49. The van der Waals surface area contributed by atoms with Gasteiger partial charge in [-0.1, -0.05) is 43.0 Å². The van der Waals surface area contributed by atoms with Gasteiger partial charge in [0.15, 0.2) is 0 Å². The molecule has 0 atom stereocenters. The monoisotopic (exact) mass is 204 g/mol. The Balaban J connectivity index is 3.14. The molecule has 2 nitrogen and oxygen atoms in total. The number of hydrogen-bond donors (Lipinski definition) is 0. The highest BCUT2D eigenvalue weighted by Crippen LogP contribution is 2.05. The molecule has 0 spiro atoms. The van der Waals surface area contributed by atoms with Crippen LogP contribution in [0.15, 0.2) is 36.4 Å². The van der Waals surface area contributed by atoms with Crippen molar-refractivity contribution in [2.75, 3.05) is 0 Å². The van der Waals surface area contributed by atoms with Gasteiger partial charge in [0.25, 0.3) is 5.70 Å². The van der Waals surface area contributed by atoms with Crippen molar-refractivity contribution in [3.8, 4) is 6.07 Å². The lowest BCUT2D eigenvalue weighted by Gasteiger charge is -1.99. The molecule has 16 heavy (non-hydrogen) atoms. The van der Waals surface area contributed by atoms with Gasteiger partial charge in [-0.15, -0.1) is 0 Å². The summed E-state index contributed by atoms with van der Waals surface area (Å²) in [4.78, 5) is 3.24. The number of nitrogens with zero attached hydrogens (tertiary/aromatic N) is 2.